The second-order valence-electron chi connectivity index (χ2n) is 9.08. The van der Waals surface area contributed by atoms with Crippen molar-refractivity contribution in [2.75, 3.05) is 32.5 Å². The molecule has 0 saturated heterocycles. The summed E-state index contributed by atoms with van der Waals surface area (Å²) in [6.45, 7) is 7.90. The molecular weight excluding hydrogens is 517 g/mol. The molecule has 180 valence electrons. The zero-order chi connectivity index (χ0) is 22.9. The number of aliphatic imine (C=N–C) groups is 1. The first-order valence-electron chi connectivity index (χ1n) is 11.4. The summed E-state index contributed by atoms with van der Waals surface area (Å²) in [7, 11) is 3.66. The monoisotopic (exact) mass is 557 g/mol. The van der Waals surface area contributed by atoms with Crippen LogP contribution in [0.2, 0.25) is 0 Å². The van der Waals surface area contributed by atoms with Crippen molar-refractivity contribution in [2.45, 2.75) is 59.4 Å². The van der Waals surface area contributed by atoms with Crippen molar-refractivity contribution in [1.29, 1.82) is 0 Å². The fraction of sp³-hybridized carbons (Fsp3) is 0.625. The number of halogens is 1. The Morgan fingerprint density at radius 2 is 1.84 bits per heavy atom. The molecule has 7 nitrogen and oxygen atoms in total. The fourth-order valence-corrected chi connectivity index (χ4v) is 4.09. The Labute approximate surface area is 210 Å². The Hall–Kier alpha value is -1.84. The zero-order valence-corrected chi connectivity index (χ0v) is 22.5. The van der Waals surface area contributed by atoms with Crippen LogP contribution in [0.3, 0.4) is 0 Å². The maximum atomic E-state index is 12.8. The van der Waals surface area contributed by atoms with Gasteiger partial charge in [0.25, 0.3) is 0 Å². The van der Waals surface area contributed by atoms with E-state index in [-0.39, 0.29) is 41.2 Å². The molecule has 32 heavy (non-hydrogen) atoms. The number of benzene rings is 1. The average molecular weight is 558 g/mol. The Bertz CT molecular complexity index is 773. The van der Waals surface area contributed by atoms with Crippen LogP contribution < -0.4 is 16.0 Å². The molecule has 0 aromatic heterocycles. The van der Waals surface area contributed by atoms with Gasteiger partial charge in [0.15, 0.2) is 5.96 Å². The quantitative estimate of drug-likeness (QED) is 0.244. The summed E-state index contributed by atoms with van der Waals surface area (Å²) in [6, 6.07) is 7.78. The molecule has 2 rings (SSSR count). The van der Waals surface area contributed by atoms with Crippen LogP contribution >= 0.6 is 24.0 Å². The van der Waals surface area contributed by atoms with Crippen molar-refractivity contribution in [3.8, 4) is 0 Å². The predicted molar refractivity (Wildman–Crippen MR) is 142 cm³/mol. The van der Waals surface area contributed by atoms with Gasteiger partial charge in [-0.15, -0.1) is 24.0 Å². The van der Waals surface area contributed by atoms with Crippen LogP contribution in [0.4, 0.5) is 5.69 Å². The normalized spacial score (nSPS) is 15.1. The molecule has 1 saturated carbocycles. The topological polar surface area (TPSA) is 85.8 Å². The molecule has 1 aliphatic rings. The molecule has 0 aliphatic heterocycles. The van der Waals surface area contributed by atoms with Gasteiger partial charge in [0.05, 0.1) is 12.0 Å². The van der Waals surface area contributed by atoms with Gasteiger partial charge in [0.1, 0.15) is 0 Å². The number of rotatable bonds is 9. The Morgan fingerprint density at radius 3 is 2.44 bits per heavy atom. The van der Waals surface area contributed by atoms with E-state index >= 15 is 0 Å². The number of amides is 2. The van der Waals surface area contributed by atoms with Gasteiger partial charge in [-0.25, -0.2) is 4.99 Å². The summed E-state index contributed by atoms with van der Waals surface area (Å²) in [5, 5.41) is 9.63. The number of hydrogen-bond acceptors (Lipinski definition) is 3. The second-order valence-corrected chi connectivity index (χ2v) is 9.08. The molecule has 0 heterocycles. The number of nitrogens with one attached hydrogen (secondary N) is 3. The van der Waals surface area contributed by atoms with Crippen molar-refractivity contribution >= 4 is 47.4 Å². The molecular formula is C24H40IN5O2. The molecule has 1 aromatic rings. The highest BCUT2D eigenvalue weighted by Gasteiger charge is 2.42. The van der Waals surface area contributed by atoms with Crippen LogP contribution in [0.25, 0.3) is 0 Å². The van der Waals surface area contributed by atoms with Crippen LogP contribution in [-0.4, -0.2) is 49.9 Å². The molecule has 0 spiro atoms. The minimum absolute atomic E-state index is 0. The lowest BCUT2D eigenvalue weighted by Gasteiger charge is -2.31. The van der Waals surface area contributed by atoms with E-state index < -0.39 is 0 Å². The van der Waals surface area contributed by atoms with Gasteiger partial charge < -0.3 is 20.9 Å². The van der Waals surface area contributed by atoms with E-state index in [4.69, 9.17) is 4.99 Å². The van der Waals surface area contributed by atoms with E-state index in [1.807, 2.05) is 59.1 Å². The van der Waals surface area contributed by atoms with E-state index in [0.29, 0.717) is 31.4 Å². The zero-order valence-electron chi connectivity index (χ0n) is 20.2. The Balaban J connectivity index is 0.00000512. The number of carbonyl (C=O) groups is 2. The average Bonchev–Trinajstić information content (AvgIpc) is 3.19. The third-order valence-corrected chi connectivity index (χ3v) is 5.58. The SMILES string of the molecule is CCNC(=NCc1cccc(NC(=O)CC(C)C)c1)NCC1(C(=O)N(C)C)CCCC1.I. The van der Waals surface area contributed by atoms with Gasteiger partial charge in [0, 0.05) is 39.3 Å². The van der Waals surface area contributed by atoms with Crippen molar-refractivity contribution in [1.82, 2.24) is 15.5 Å². The smallest absolute Gasteiger partial charge is 0.230 e. The molecule has 1 aromatic carbocycles. The van der Waals surface area contributed by atoms with Crippen molar-refractivity contribution in [3.05, 3.63) is 29.8 Å². The summed E-state index contributed by atoms with van der Waals surface area (Å²) in [5.41, 5.74) is 1.46. The number of nitrogens with zero attached hydrogens (tertiary/aromatic N) is 2. The van der Waals surface area contributed by atoms with E-state index in [0.717, 1.165) is 43.5 Å². The van der Waals surface area contributed by atoms with Crippen LogP contribution in [0.5, 0.6) is 0 Å². The van der Waals surface area contributed by atoms with Gasteiger partial charge in [0.2, 0.25) is 11.8 Å². The van der Waals surface area contributed by atoms with Crippen LogP contribution in [0.15, 0.2) is 29.3 Å². The predicted octanol–water partition coefficient (Wildman–Crippen LogP) is 3.99. The second kappa shape index (κ2) is 13.6. The van der Waals surface area contributed by atoms with E-state index in [2.05, 4.69) is 16.0 Å². The van der Waals surface area contributed by atoms with Crippen LogP contribution in [0.1, 0.15) is 58.4 Å². The largest absolute Gasteiger partial charge is 0.357 e. The van der Waals surface area contributed by atoms with Crippen molar-refractivity contribution in [2.24, 2.45) is 16.3 Å². The summed E-state index contributed by atoms with van der Waals surface area (Å²) in [6.07, 6.45) is 4.50. The summed E-state index contributed by atoms with van der Waals surface area (Å²) in [4.78, 5) is 31.3. The third-order valence-electron chi connectivity index (χ3n) is 5.58. The minimum atomic E-state index is -0.347. The molecule has 0 atom stereocenters. The molecule has 0 bridgehead atoms. The summed E-state index contributed by atoms with van der Waals surface area (Å²) < 4.78 is 0. The van der Waals surface area contributed by atoms with Crippen molar-refractivity contribution in [3.63, 3.8) is 0 Å². The first-order chi connectivity index (χ1) is 14.8. The Kier molecular flexibility index (Phi) is 12.0. The van der Waals surface area contributed by atoms with Crippen LogP contribution in [0, 0.1) is 11.3 Å². The highest BCUT2D eigenvalue weighted by molar-refractivity contribution is 14.0. The van der Waals surface area contributed by atoms with Gasteiger partial charge >= 0.3 is 0 Å². The number of anilines is 1. The molecule has 0 unspecified atom stereocenters. The van der Waals surface area contributed by atoms with Gasteiger partial charge in [-0.1, -0.05) is 38.8 Å². The molecule has 0 radical (unpaired) electrons. The molecule has 2 amide bonds. The molecule has 1 fully saturated rings. The molecule has 3 N–H and O–H groups in total. The van der Waals surface area contributed by atoms with E-state index in [1.165, 1.54) is 0 Å². The standard InChI is InChI=1S/C24H39N5O2.HI/c1-6-25-23(27-17-24(12-7-8-13-24)22(31)29(4)5)26-16-19-10-9-11-20(15-19)28-21(30)14-18(2)3;/h9-11,15,18H,6-8,12-14,16-17H2,1-5H3,(H,28,30)(H2,25,26,27);1H. The minimum Gasteiger partial charge on any atom is -0.357 e. The number of guanidine groups is 1. The van der Waals surface area contributed by atoms with Gasteiger partial charge in [-0.2, -0.15) is 0 Å². The van der Waals surface area contributed by atoms with E-state index in [1.54, 1.807) is 4.90 Å². The summed E-state index contributed by atoms with van der Waals surface area (Å²) >= 11 is 0. The lowest BCUT2D eigenvalue weighted by Crippen LogP contribution is -2.49. The van der Waals surface area contributed by atoms with Crippen molar-refractivity contribution < 1.29 is 9.59 Å². The third kappa shape index (κ3) is 8.60. The Morgan fingerprint density at radius 1 is 1.16 bits per heavy atom. The maximum Gasteiger partial charge on any atom is 0.230 e. The lowest BCUT2D eigenvalue weighted by atomic mass is 9.84. The lowest BCUT2D eigenvalue weighted by molar-refractivity contribution is -0.138. The highest BCUT2D eigenvalue weighted by Crippen LogP contribution is 2.38. The molecule has 8 heteroatoms. The van der Waals surface area contributed by atoms with E-state index in [9.17, 15) is 9.59 Å². The number of hydrogen-bond donors (Lipinski definition) is 3. The maximum absolute atomic E-state index is 12.8. The first kappa shape index (κ1) is 28.2. The number of carbonyl (C=O) groups excluding carboxylic acids is 2. The molecule has 1 aliphatic carbocycles. The highest BCUT2D eigenvalue weighted by atomic mass is 127. The fourth-order valence-electron chi connectivity index (χ4n) is 4.09. The van der Waals surface area contributed by atoms with Gasteiger partial charge in [-0.3, -0.25) is 9.59 Å². The van der Waals surface area contributed by atoms with Gasteiger partial charge in [-0.05, 0) is 43.4 Å². The first-order valence-corrected chi connectivity index (χ1v) is 11.4. The summed E-state index contributed by atoms with van der Waals surface area (Å²) in [5.74, 6) is 1.25. The van der Waals surface area contributed by atoms with Crippen LogP contribution in [-0.2, 0) is 16.1 Å².